The highest BCUT2D eigenvalue weighted by Gasteiger charge is 2.22. The minimum Gasteiger partial charge on any atom is -0.352 e. The maximum absolute atomic E-state index is 12.4. The van der Waals surface area contributed by atoms with Crippen molar-refractivity contribution in [2.24, 2.45) is 5.92 Å². The molecule has 1 amide bonds. The summed E-state index contributed by atoms with van der Waals surface area (Å²) in [6.07, 6.45) is 2.84. The minimum atomic E-state index is -3.57. The first-order valence-corrected chi connectivity index (χ1v) is 9.16. The van der Waals surface area contributed by atoms with Gasteiger partial charge in [-0.3, -0.25) is 4.79 Å². The Morgan fingerprint density at radius 2 is 2.14 bits per heavy atom. The molecule has 2 aliphatic heterocycles. The van der Waals surface area contributed by atoms with Crippen LogP contribution >= 0.6 is 0 Å². The molecule has 120 valence electrons. The summed E-state index contributed by atoms with van der Waals surface area (Å²) in [7, 11) is -3.57. The number of amides is 1. The largest absolute Gasteiger partial charge is 0.352 e. The van der Waals surface area contributed by atoms with Crippen LogP contribution < -0.4 is 15.4 Å². The van der Waals surface area contributed by atoms with E-state index in [1.54, 1.807) is 12.1 Å². The van der Waals surface area contributed by atoms with Gasteiger partial charge in [0, 0.05) is 18.7 Å². The van der Waals surface area contributed by atoms with Crippen molar-refractivity contribution in [2.45, 2.75) is 24.2 Å². The highest BCUT2D eigenvalue weighted by Crippen LogP contribution is 2.19. The number of carbonyl (C=O) groups is 1. The van der Waals surface area contributed by atoms with Crippen LogP contribution in [0.2, 0.25) is 0 Å². The lowest BCUT2D eigenvalue weighted by Gasteiger charge is -2.23. The lowest BCUT2D eigenvalue weighted by molar-refractivity contribution is 0.0945. The van der Waals surface area contributed by atoms with Gasteiger partial charge in [0.1, 0.15) is 0 Å². The van der Waals surface area contributed by atoms with E-state index in [1.807, 2.05) is 0 Å². The lowest BCUT2D eigenvalue weighted by atomic mass is 10.0. The van der Waals surface area contributed by atoms with Crippen molar-refractivity contribution in [3.63, 3.8) is 0 Å². The van der Waals surface area contributed by atoms with E-state index in [-0.39, 0.29) is 10.8 Å². The monoisotopic (exact) mass is 323 g/mol. The van der Waals surface area contributed by atoms with Crippen LogP contribution in [0.4, 0.5) is 0 Å². The summed E-state index contributed by atoms with van der Waals surface area (Å²) >= 11 is 0. The zero-order valence-electron chi connectivity index (χ0n) is 12.4. The Morgan fingerprint density at radius 1 is 1.27 bits per heavy atom. The molecule has 7 heteroatoms. The molecular formula is C15H21N3O3S. The summed E-state index contributed by atoms with van der Waals surface area (Å²) in [5.74, 6) is 0.124. The van der Waals surface area contributed by atoms with Gasteiger partial charge in [-0.05, 0) is 56.0 Å². The number of carbonyl (C=O) groups excluding carboxylic acids is 1. The normalized spacial score (nSPS) is 22.0. The predicted octanol–water partition coefficient (Wildman–Crippen LogP) is 0.250. The average molecular weight is 323 g/mol. The number of hydrogen-bond acceptors (Lipinski definition) is 4. The van der Waals surface area contributed by atoms with Gasteiger partial charge >= 0.3 is 0 Å². The van der Waals surface area contributed by atoms with Crippen molar-refractivity contribution in [2.75, 3.05) is 26.2 Å². The predicted molar refractivity (Wildman–Crippen MR) is 83.3 cm³/mol. The van der Waals surface area contributed by atoms with E-state index in [4.69, 9.17) is 0 Å². The second-order valence-corrected chi connectivity index (χ2v) is 7.66. The summed E-state index contributed by atoms with van der Waals surface area (Å²) < 4.78 is 27.5. The molecule has 0 radical (unpaired) electrons. The minimum absolute atomic E-state index is 0.159. The maximum Gasteiger partial charge on any atom is 0.251 e. The number of hydrogen-bond donors (Lipinski definition) is 3. The highest BCUT2D eigenvalue weighted by molar-refractivity contribution is 7.89. The highest BCUT2D eigenvalue weighted by atomic mass is 32.2. The quantitative estimate of drug-likeness (QED) is 0.741. The average Bonchev–Trinajstić information content (AvgIpc) is 2.54. The SMILES string of the molecule is O=C1NCCc2ccc(S(=O)(=O)NCC3CCCNC3)cc21. The lowest BCUT2D eigenvalue weighted by Crippen LogP contribution is -2.38. The Balaban J connectivity index is 1.74. The molecule has 6 nitrogen and oxygen atoms in total. The zero-order chi connectivity index (χ0) is 15.6. The van der Waals surface area contributed by atoms with E-state index in [0.29, 0.717) is 24.6 Å². The van der Waals surface area contributed by atoms with Gasteiger partial charge in [-0.1, -0.05) is 6.07 Å². The van der Waals surface area contributed by atoms with Crippen molar-refractivity contribution in [3.05, 3.63) is 29.3 Å². The maximum atomic E-state index is 12.4. The molecule has 0 aromatic heterocycles. The number of rotatable bonds is 4. The van der Waals surface area contributed by atoms with Crippen molar-refractivity contribution >= 4 is 15.9 Å². The third-order valence-corrected chi connectivity index (χ3v) is 5.70. The third-order valence-electron chi connectivity index (χ3n) is 4.28. The van der Waals surface area contributed by atoms with Crippen molar-refractivity contribution < 1.29 is 13.2 Å². The fourth-order valence-corrected chi connectivity index (χ4v) is 4.11. The van der Waals surface area contributed by atoms with Crippen LogP contribution in [0.3, 0.4) is 0 Å². The molecule has 3 rings (SSSR count). The van der Waals surface area contributed by atoms with Crippen molar-refractivity contribution in [1.29, 1.82) is 0 Å². The van der Waals surface area contributed by atoms with Crippen molar-refractivity contribution in [3.8, 4) is 0 Å². The first-order valence-electron chi connectivity index (χ1n) is 7.68. The van der Waals surface area contributed by atoms with Crippen molar-refractivity contribution in [1.82, 2.24) is 15.4 Å². The molecule has 22 heavy (non-hydrogen) atoms. The fraction of sp³-hybridized carbons (Fsp3) is 0.533. The molecule has 0 bridgehead atoms. The topological polar surface area (TPSA) is 87.3 Å². The Hall–Kier alpha value is -1.44. The van der Waals surface area contributed by atoms with E-state index < -0.39 is 10.0 Å². The van der Waals surface area contributed by atoms with Crippen LogP contribution in [0.25, 0.3) is 0 Å². The molecule has 1 saturated heterocycles. The van der Waals surface area contributed by atoms with Gasteiger partial charge in [0.25, 0.3) is 5.91 Å². The van der Waals surface area contributed by atoms with E-state index in [0.717, 1.165) is 37.9 Å². The number of sulfonamides is 1. The van der Waals surface area contributed by atoms with Gasteiger partial charge in [0.05, 0.1) is 4.90 Å². The second kappa shape index (κ2) is 6.36. The molecule has 1 unspecified atom stereocenters. The molecule has 1 atom stereocenters. The Bertz CT molecular complexity index is 667. The van der Waals surface area contributed by atoms with Gasteiger partial charge in [0.15, 0.2) is 0 Å². The number of nitrogens with one attached hydrogen (secondary N) is 3. The van der Waals surface area contributed by atoms with Crippen LogP contribution in [-0.4, -0.2) is 40.5 Å². The van der Waals surface area contributed by atoms with Crippen LogP contribution in [0.5, 0.6) is 0 Å². The van der Waals surface area contributed by atoms with E-state index in [1.165, 1.54) is 6.07 Å². The summed E-state index contributed by atoms with van der Waals surface area (Å²) in [5.41, 5.74) is 1.37. The second-order valence-electron chi connectivity index (χ2n) is 5.89. The van der Waals surface area contributed by atoms with Crippen LogP contribution in [0, 0.1) is 5.92 Å². The van der Waals surface area contributed by atoms with Gasteiger partial charge in [-0.15, -0.1) is 0 Å². The fourth-order valence-electron chi connectivity index (χ4n) is 2.97. The van der Waals surface area contributed by atoms with Gasteiger partial charge < -0.3 is 10.6 Å². The summed E-state index contributed by atoms with van der Waals surface area (Å²) in [5, 5.41) is 6.01. The zero-order valence-corrected chi connectivity index (χ0v) is 13.2. The van der Waals surface area contributed by atoms with Crippen LogP contribution in [0.15, 0.2) is 23.1 Å². The first kappa shape index (κ1) is 15.5. The molecule has 2 aliphatic rings. The Labute approximate surface area is 130 Å². The summed E-state index contributed by atoms with van der Waals surface area (Å²) in [6, 6.07) is 4.80. The number of benzene rings is 1. The molecule has 0 saturated carbocycles. The molecule has 3 N–H and O–H groups in total. The molecule has 0 aliphatic carbocycles. The van der Waals surface area contributed by atoms with E-state index in [2.05, 4.69) is 15.4 Å². The third kappa shape index (κ3) is 3.31. The van der Waals surface area contributed by atoms with Gasteiger partial charge in [0.2, 0.25) is 10.0 Å². The van der Waals surface area contributed by atoms with E-state index >= 15 is 0 Å². The molecule has 2 heterocycles. The van der Waals surface area contributed by atoms with Crippen LogP contribution in [0.1, 0.15) is 28.8 Å². The summed E-state index contributed by atoms with van der Waals surface area (Å²) in [6.45, 7) is 2.88. The summed E-state index contributed by atoms with van der Waals surface area (Å²) in [4.78, 5) is 12.0. The Morgan fingerprint density at radius 3 is 2.91 bits per heavy atom. The Kier molecular flexibility index (Phi) is 4.46. The first-order chi connectivity index (χ1) is 10.6. The molecule has 1 aromatic rings. The number of fused-ring (bicyclic) bond motifs is 1. The molecule has 1 fully saturated rings. The van der Waals surface area contributed by atoms with Gasteiger partial charge in [-0.2, -0.15) is 0 Å². The molecule has 1 aromatic carbocycles. The van der Waals surface area contributed by atoms with Crippen LogP contribution in [-0.2, 0) is 16.4 Å². The number of piperidine rings is 1. The van der Waals surface area contributed by atoms with Gasteiger partial charge in [-0.25, -0.2) is 13.1 Å². The standard InChI is InChI=1S/C15H21N3O3S/c19-15-14-8-13(4-3-12(14)5-7-17-15)22(20,21)18-10-11-2-1-6-16-9-11/h3-4,8,11,16,18H,1-2,5-7,9-10H2,(H,17,19). The molecular weight excluding hydrogens is 302 g/mol. The van der Waals surface area contributed by atoms with E-state index in [9.17, 15) is 13.2 Å². The smallest absolute Gasteiger partial charge is 0.251 e. The molecule has 0 spiro atoms.